The van der Waals surface area contributed by atoms with Gasteiger partial charge in [-0.3, -0.25) is 4.79 Å². The van der Waals surface area contributed by atoms with Crippen molar-refractivity contribution in [3.05, 3.63) is 57.6 Å². The quantitative estimate of drug-likeness (QED) is 0.343. The summed E-state index contributed by atoms with van der Waals surface area (Å²) in [7, 11) is 2.81. The maximum Gasteiger partial charge on any atom is 0.337 e. The van der Waals surface area contributed by atoms with E-state index < -0.39 is 11.9 Å². The Morgan fingerprint density at radius 3 is 2.43 bits per heavy atom. The highest BCUT2D eigenvalue weighted by atomic mass is 79.9. The second-order valence-electron chi connectivity index (χ2n) is 6.07. The minimum atomic E-state index is -0.583. The van der Waals surface area contributed by atoms with E-state index in [-0.39, 0.29) is 5.57 Å². The number of anilines is 1. The molecule has 0 aliphatic rings. The van der Waals surface area contributed by atoms with Crippen molar-refractivity contribution in [1.29, 1.82) is 5.26 Å². The van der Waals surface area contributed by atoms with Gasteiger partial charge in [0.2, 0.25) is 0 Å². The molecule has 0 fully saturated rings. The number of amides is 1. The second kappa shape index (κ2) is 11.0. The zero-order chi connectivity index (χ0) is 22.1. The molecule has 0 saturated heterocycles. The van der Waals surface area contributed by atoms with Crippen LogP contribution in [0.3, 0.4) is 0 Å². The van der Waals surface area contributed by atoms with Gasteiger partial charge in [-0.25, -0.2) is 4.79 Å². The first-order valence-electron chi connectivity index (χ1n) is 9.05. The van der Waals surface area contributed by atoms with E-state index >= 15 is 0 Å². The molecule has 0 aromatic heterocycles. The van der Waals surface area contributed by atoms with Crippen molar-refractivity contribution in [1.82, 2.24) is 0 Å². The molecule has 2 aromatic carbocycles. The molecular formula is C22H21BrN2O5. The van der Waals surface area contributed by atoms with Crippen LogP contribution in [0.4, 0.5) is 5.69 Å². The molecule has 0 aliphatic carbocycles. The number of nitriles is 1. The van der Waals surface area contributed by atoms with E-state index in [2.05, 4.69) is 26.0 Å². The molecule has 0 radical (unpaired) electrons. The smallest absolute Gasteiger partial charge is 0.337 e. The van der Waals surface area contributed by atoms with Crippen LogP contribution in [0.2, 0.25) is 0 Å². The lowest BCUT2D eigenvalue weighted by molar-refractivity contribution is -0.112. The lowest BCUT2D eigenvalue weighted by Gasteiger charge is -2.12. The lowest BCUT2D eigenvalue weighted by Crippen LogP contribution is -2.13. The third-order valence-corrected chi connectivity index (χ3v) is 4.66. The normalized spacial score (nSPS) is 10.7. The van der Waals surface area contributed by atoms with Crippen LogP contribution in [0.1, 0.15) is 29.3 Å². The summed E-state index contributed by atoms with van der Waals surface area (Å²) in [5.41, 5.74) is 1.28. The molecule has 0 atom stereocenters. The van der Waals surface area contributed by atoms with Crippen molar-refractivity contribution in [3.63, 3.8) is 0 Å². The number of ether oxygens (including phenoxy) is 3. The summed E-state index contributed by atoms with van der Waals surface area (Å²) in [6, 6.07) is 11.5. The zero-order valence-corrected chi connectivity index (χ0v) is 18.4. The molecule has 8 heteroatoms. The standard InChI is InChI=1S/C22H21BrN2O5/c1-4-9-30-20-12-18(23)15(11-19(20)28-2)10-16(13-24)21(26)25-17-7-5-14(6-8-17)22(27)29-3/h5-8,10-12H,4,9H2,1-3H3,(H,25,26)/b16-10-. The molecule has 1 N–H and O–H groups in total. The summed E-state index contributed by atoms with van der Waals surface area (Å²) in [5, 5.41) is 12.1. The minimum absolute atomic E-state index is 0.1000. The van der Waals surface area contributed by atoms with Crippen LogP contribution in [0.15, 0.2) is 46.4 Å². The number of benzene rings is 2. The number of methoxy groups -OCH3 is 2. The average molecular weight is 473 g/mol. The first kappa shape index (κ1) is 23.0. The Bertz CT molecular complexity index is 994. The van der Waals surface area contributed by atoms with Gasteiger partial charge in [-0.15, -0.1) is 0 Å². The Hall–Kier alpha value is -3.31. The summed E-state index contributed by atoms with van der Waals surface area (Å²) in [4.78, 5) is 24.0. The molecular weight excluding hydrogens is 452 g/mol. The van der Waals surface area contributed by atoms with E-state index in [1.807, 2.05) is 13.0 Å². The van der Waals surface area contributed by atoms with Gasteiger partial charge in [0.05, 0.1) is 26.4 Å². The first-order chi connectivity index (χ1) is 14.4. The summed E-state index contributed by atoms with van der Waals surface area (Å²) in [5.74, 6) is 0.00201. The Labute approximate surface area is 183 Å². The highest BCUT2D eigenvalue weighted by molar-refractivity contribution is 9.10. The number of halogens is 1. The van der Waals surface area contributed by atoms with E-state index in [0.717, 1.165) is 6.42 Å². The fourth-order valence-electron chi connectivity index (χ4n) is 2.46. The van der Waals surface area contributed by atoms with Crippen molar-refractivity contribution >= 4 is 39.6 Å². The van der Waals surface area contributed by atoms with Gasteiger partial charge in [0.1, 0.15) is 11.6 Å². The highest BCUT2D eigenvalue weighted by Crippen LogP contribution is 2.34. The SMILES string of the molecule is CCCOc1cc(Br)c(/C=C(/C#N)C(=O)Nc2ccc(C(=O)OC)cc2)cc1OC. The van der Waals surface area contributed by atoms with Crippen LogP contribution < -0.4 is 14.8 Å². The van der Waals surface area contributed by atoms with Gasteiger partial charge < -0.3 is 19.5 Å². The number of nitrogens with zero attached hydrogens (tertiary/aromatic N) is 1. The number of hydrogen-bond donors (Lipinski definition) is 1. The summed E-state index contributed by atoms with van der Waals surface area (Å²) in [6.45, 7) is 2.54. The third-order valence-electron chi connectivity index (χ3n) is 3.97. The zero-order valence-electron chi connectivity index (χ0n) is 16.8. The van der Waals surface area contributed by atoms with Crippen molar-refractivity contribution in [2.45, 2.75) is 13.3 Å². The predicted octanol–water partition coefficient (Wildman–Crippen LogP) is 4.58. The maximum atomic E-state index is 12.5. The van der Waals surface area contributed by atoms with Crippen LogP contribution >= 0.6 is 15.9 Å². The largest absolute Gasteiger partial charge is 0.493 e. The van der Waals surface area contributed by atoms with Gasteiger partial charge in [0.25, 0.3) is 5.91 Å². The first-order valence-corrected chi connectivity index (χ1v) is 9.84. The number of carbonyl (C=O) groups is 2. The number of nitrogens with one attached hydrogen (secondary N) is 1. The average Bonchev–Trinajstić information content (AvgIpc) is 2.76. The molecule has 0 saturated carbocycles. The molecule has 156 valence electrons. The monoisotopic (exact) mass is 472 g/mol. The molecule has 0 unspecified atom stereocenters. The topological polar surface area (TPSA) is 97.7 Å². The Kier molecular flexibility index (Phi) is 8.44. The summed E-state index contributed by atoms with van der Waals surface area (Å²) < 4.78 is 16.3. The van der Waals surface area contributed by atoms with Crippen LogP contribution in [0, 0.1) is 11.3 Å². The molecule has 1 amide bonds. The fourth-order valence-corrected chi connectivity index (χ4v) is 2.89. The number of hydrogen-bond acceptors (Lipinski definition) is 6. The number of esters is 1. The number of rotatable bonds is 8. The van der Waals surface area contributed by atoms with Crippen molar-refractivity contribution in [2.75, 3.05) is 26.1 Å². The van der Waals surface area contributed by atoms with Gasteiger partial charge in [-0.1, -0.05) is 22.9 Å². The van der Waals surface area contributed by atoms with Crippen molar-refractivity contribution in [2.24, 2.45) is 0 Å². The predicted molar refractivity (Wildman–Crippen MR) is 116 cm³/mol. The molecule has 0 bridgehead atoms. The molecule has 2 aromatic rings. The molecule has 2 rings (SSSR count). The maximum absolute atomic E-state index is 12.5. The van der Waals surface area contributed by atoms with Crippen LogP contribution in [0.5, 0.6) is 11.5 Å². The molecule has 0 spiro atoms. The molecule has 0 aliphatic heterocycles. The van der Waals surface area contributed by atoms with Crippen molar-refractivity contribution in [3.8, 4) is 17.6 Å². The van der Waals surface area contributed by atoms with Gasteiger partial charge >= 0.3 is 5.97 Å². The van der Waals surface area contributed by atoms with Crippen LogP contribution in [-0.4, -0.2) is 32.7 Å². The third kappa shape index (κ3) is 5.84. The van der Waals surface area contributed by atoms with Gasteiger partial charge in [-0.05, 0) is 54.5 Å². The van der Waals surface area contributed by atoms with Crippen LogP contribution in [0.25, 0.3) is 6.08 Å². The molecule has 7 nitrogen and oxygen atoms in total. The second-order valence-corrected chi connectivity index (χ2v) is 6.92. The Morgan fingerprint density at radius 1 is 1.17 bits per heavy atom. The van der Waals surface area contributed by atoms with E-state index in [1.165, 1.54) is 32.4 Å². The van der Waals surface area contributed by atoms with Gasteiger partial charge in [0, 0.05) is 10.2 Å². The molecule has 0 heterocycles. The minimum Gasteiger partial charge on any atom is -0.493 e. The summed E-state index contributed by atoms with van der Waals surface area (Å²) in [6.07, 6.45) is 2.30. The van der Waals surface area contributed by atoms with Crippen LogP contribution in [-0.2, 0) is 9.53 Å². The van der Waals surface area contributed by atoms with E-state index in [4.69, 9.17) is 9.47 Å². The van der Waals surface area contributed by atoms with E-state index in [1.54, 1.807) is 24.3 Å². The lowest BCUT2D eigenvalue weighted by atomic mass is 10.1. The molecule has 30 heavy (non-hydrogen) atoms. The summed E-state index contributed by atoms with van der Waals surface area (Å²) >= 11 is 3.44. The Balaban J connectivity index is 2.25. The van der Waals surface area contributed by atoms with E-state index in [9.17, 15) is 14.9 Å². The highest BCUT2D eigenvalue weighted by Gasteiger charge is 2.14. The number of carbonyl (C=O) groups excluding carboxylic acids is 2. The van der Waals surface area contributed by atoms with Gasteiger partial charge in [0.15, 0.2) is 11.5 Å². The fraction of sp³-hybridized carbons (Fsp3) is 0.227. The Morgan fingerprint density at radius 2 is 1.87 bits per heavy atom. The van der Waals surface area contributed by atoms with Crippen molar-refractivity contribution < 1.29 is 23.8 Å². The van der Waals surface area contributed by atoms with Gasteiger partial charge in [-0.2, -0.15) is 5.26 Å². The van der Waals surface area contributed by atoms with E-state index in [0.29, 0.717) is 39.4 Å².